The van der Waals surface area contributed by atoms with E-state index in [1.807, 2.05) is 42.1 Å². The Morgan fingerprint density at radius 3 is 2.70 bits per heavy atom. The van der Waals surface area contributed by atoms with Gasteiger partial charge in [0.25, 0.3) is 0 Å². The van der Waals surface area contributed by atoms with E-state index in [1.54, 1.807) is 6.20 Å². The Morgan fingerprint density at radius 2 is 2.04 bits per heavy atom. The van der Waals surface area contributed by atoms with E-state index in [0.717, 1.165) is 17.3 Å². The summed E-state index contributed by atoms with van der Waals surface area (Å²) in [6.45, 7) is 0.427. The number of carbonyl (C=O) groups excluding carboxylic acids is 1. The number of amides is 1. The standard InChI is InChI=1S/C18H23N3O2/c1-21-11-10-19-17(21)13-23-16-8-6-15(7-9-16)20-18(22)12-14-4-2-3-5-14/h6-11,14H,2-5,12-13H2,1H3,(H,20,22). The van der Waals surface area contributed by atoms with Crippen molar-refractivity contribution in [2.75, 3.05) is 5.32 Å². The van der Waals surface area contributed by atoms with Gasteiger partial charge in [0.05, 0.1) is 0 Å². The van der Waals surface area contributed by atoms with Crippen LogP contribution in [0.15, 0.2) is 36.7 Å². The zero-order valence-electron chi connectivity index (χ0n) is 13.5. The van der Waals surface area contributed by atoms with E-state index in [0.29, 0.717) is 18.9 Å². The molecule has 23 heavy (non-hydrogen) atoms. The Labute approximate surface area is 136 Å². The van der Waals surface area contributed by atoms with Crippen LogP contribution in [0.1, 0.15) is 37.9 Å². The second kappa shape index (κ2) is 7.31. The molecule has 1 amide bonds. The molecule has 0 saturated heterocycles. The van der Waals surface area contributed by atoms with Crippen molar-refractivity contribution in [2.45, 2.75) is 38.7 Å². The van der Waals surface area contributed by atoms with Crippen LogP contribution in [0.25, 0.3) is 0 Å². The smallest absolute Gasteiger partial charge is 0.224 e. The molecule has 1 aliphatic carbocycles. The van der Waals surface area contributed by atoms with Crippen molar-refractivity contribution in [1.82, 2.24) is 9.55 Å². The Bertz CT molecular complexity index is 643. The Morgan fingerprint density at radius 1 is 1.30 bits per heavy atom. The lowest BCUT2D eigenvalue weighted by Gasteiger charge is -2.10. The van der Waals surface area contributed by atoms with Gasteiger partial charge in [-0.25, -0.2) is 4.98 Å². The van der Waals surface area contributed by atoms with Gasteiger partial charge in [-0.1, -0.05) is 12.8 Å². The number of benzene rings is 1. The Hall–Kier alpha value is -2.30. The summed E-state index contributed by atoms with van der Waals surface area (Å²) in [4.78, 5) is 16.2. The first-order chi connectivity index (χ1) is 11.2. The molecule has 0 bridgehead atoms. The summed E-state index contributed by atoms with van der Waals surface area (Å²) in [6.07, 6.45) is 9.18. The molecular formula is C18H23N3O2. The van der Waals surface area contributed by atoms with Crippen LogP contribution in [0.4, 0.5) is 5.69 Å². The minimum Gasteiger partial charge on any atom is -0.486 e. The van der Waals surface area contributed by atoms with Gasteiger partial charge in [0.1, 0.15) is 18.2 Å². The van der Waals surface area contributed by atoms with E-state index < -0.39 is 0 Å². The molecule has 1 N–H and O–H groups in total. The van der Waals surface area contributed by atoms with Crippen LogP contribution in [-0.4, -0.2) is 15.5 Å². The fraction of sp³-hybridized carbons (Fsp3) is 0.444. The van der Waals surface area contributed by atoms with Crippen molar-refractivity contribution >= 4 is 11.6 Å². The molecule has 0 radical (unpaired) electrons. The lowest BCUT2D eigenvalue weighted by Crippen LogP contribution is -2.15. The molecular weight excluding hydrogens is 290 g/mol. The highest BCUT2D eigenvalue weighted by atomic mass is 16.5. The average Bonchev–Trinajstić information content (AvgIpc) is 3.18. The van der Waals surface area contributed by atoms with Gasteiger partial charge < -0.3 is 14.6 Å². The zero-order valence-corrected chi connectivity index (χ0v) is 13.5. The molecule has 3 rings (SSSR count). The maximum absolute atomic E-state index is 12.0. The van der Waals surface area contributed by atoms with Gasteiger partial charge in [0.2, 0.25) is 5.91 Å². The summed E-state index contributed by atoms with van der Waals surface area (Å²) in [5, 5.41) is 2.96. The minimum absolute atomic E-state index is 0.110. The predicted molar refractivity (Wildman–Crippen MR) is 89.2 cm³/mol. The molecule has 1 aromatic heterocycles. The highest BCUT2D eigenvalue weighted by molar-refractivity contribution is 5.90. The third-order valence-electron chi connectivity index (χ3n) is 4.38. The molecule has 1 saturated carbocycles. The molecule has 5 heteroatoms. The largest absolute Gasteiger partial charge is 0.486 e. The van der Waals surface area contributed by atoms with Crippen LogP contribution in [0, 0.1) is 5.92 Å². The molecule has 5 nitrogen and oxygen atoms in total. The topological polar surface area (TPSA) is 56.1 Å². The van der Waals surface area contributed by atoms with Crippen LogP contribution in [0.3, 0.4) is 0 Å². The third-order valence-corrected chi connectivity index (χ3v) is 4.38. The highest BCUT2D eigenvalue weighted by Crippen LogP contribution is 2.28. The maximum Gasteiger partial charge on any atom is 0.224 e. The zero-order chi connectivity index (χ0) is 16.1. The predicted octanol–water partition coefficient (Wildman–Crippen LogP) is 3.52. The average molecular weight is 313 g/mol. The highest BCUT2D eigenvalue weighted by Gasteiger charge is 2.18. The van der Waals surface area contributed by atoms with Crippen LogP contribution in [0.2, 0.25) is 0 Å². The molecule has 1 heterocycles. The number of hydrogen-bond acceptors (Lipinski definition) is 3. The van der Waals surface area contributed by atoms with Crippen molar-refractivity contribution in [3.63, 3.8) is 0 Å². The van der Waals surface area contributed by atoms with Crippen LogP contribution < -0.4 is 10.1 Å². The number of nitrogens with one attached hydrogen (secondary N) is 1. The van der Waals surface area contributed by atoms with Crippen molar-refractivity contribution < 1.29 is 9.53 Å². The summed E-state index contributed by atoms with van der Waals surface area (Å²) >= 11 is 0. The lowest BCUT2D eigenvalue weighted by molar-refractivity contribution is -0.117. The summed E-state index contributed by atoms with van der Waals surface area (Å²) < 4.78 is 7.63. The van der Waals surface area contributed by atoms with Gasteiger partial charge in [-0.05, 0) is 43.0 Å². The summed E-state index contributed by atoms with van der Waals surface area (Å²) in [5.41, 5.74) is 0.817. The third kappa shape index (κ3) is 4.34. The van der Waals surface area contributed by atoms with E-state index in [-0.39, 0.29) is 5.91 Å². The molecule has 1 fully saturated rings. The van der Waals surface area contributed by atoms with Gasteiger partial charge in [0.15, 0.2) is 0 Å². The monoisotopic (exact) mass is 313 g/mol. The van der Waals surface area contributed by atoms with Crippen molar-refractivity contribution in [3.05, 3.63) is 42.5 Å². The lowest BCUT2D eigenvalue weighted by atomic mass is 10.0. The maximum atomic E-state index is 12.0. The van der Waals surface area contributed by atoms with Crippen LogP contribution in [-0.2, 0) is 18.4 Å². The summed E-state index contributed by atoms with van der Waals surface area (Å²) in [6, 6.07) is 7.49. The number of rotatable bonds is 6. The van der Waals surface area contributed by atoms with E-state index in [9.17, 15) is 4.79 Å². The summed E-state index contributed by atoms with van der Waals surface area (Å²) in [5.74, 6) is 2.31. The number of ether oxygens (including phenoxy) is 1. The molecule has 0 atom stereocenters. The number of hydrogen-bond donors (Lipinski definition) is 1. The van der Waals surface area contributed by atoms with Crippen LogP contribution >= 0.6 is 0 Å². The molecule has 1 aliphatic rings. The van der Waals surface area contributed by atoms with Gasteiger partial charge in [-0.3, -0.25) is 4.79 Å². The first-order valence-corrected chi connectivity index (χ1v) is 8.19. The molecule has 1 aromatic carbocycles. The molecule has 122 valence electrons. The second-order valence-corrected chi connectivity index (χ2v) is 6.17. The van der Waals surface area contributed by atoms with Crippen molar-refractivity contribution in [1.29, 1.82) is 0 Å². The molecule has 0 unspecified atom stereocenters. The van der Waals surface area contributed by atoms with E-state index in [4.69, 9.17) is 4.74 Å². The quantitative estimate of drug-likeness (QED) is 0.888. The first-order valence-electron chi connectivity index (χ1n) is 8.19. The number of imidazole rings is 1. The SMILES string of the molecule is Cn1ccnc1COc1ccc(NC(=O)CC2CCCC2)cc1. The van der Waals surface area contributed by atoms with Crippen LogP contribution in [0.5, 0.6) is 5.75 Å². The Kier molecular flexibility index (Phi) is 4.95. The molecule has 2 aromatic rings. The number of aromatic nitrogens is 2. The van der Waals surface area contributed by atoms with E-state index in [2.05, 4.69) is 10.3 Å². The van der Waals surface area contributed by atoms with Crippen molar-refractivity contribution in [3.8, 4) is 5.75 Å². The normalized spacial score (nSPS) is 14.8. The summed E-state index contributed by atoms with van der Waals surface area (Å²) in [7, 11) is 1.94. The van der Waals surface area contributed by atoms with Gasteiger partial charge in [-0.15, -0.1) is 0 Å². The second-order valence-electron chi connectivity index (χ2n) is 6.17. The fourth-order valence-electron chi connectivity index (χ4n) is 3.01. The number of carbonyl (C=O) groups is 1. The van der Waals surface area contributed by atoms with Gasteiger partial charge >= 0.3 is 0 Å². The fourth-order valence-corrected chi connectivity index (χ4v) is 3.01. The molecule has 0 aliphatic heterocycles. The van der Waals surface area contributed by atoms with Gasteiger partial charge in [-0.2, -0.15) is 0 Å². The minimum atomic E-state index is 0.110. The van der Waals surface area contributed by atoms with Crippen molar-refractivity contribution in [2.24, 2.45) is 13.0 Å². The van der Waals surface area contributed by atoms with E-state index in [1.165, 1.54) is 25.7 Å². The number of aryl methyl sites for hydroxylation is 1. The first kappa shape index (κ1) is 15.6. The number of anilines is 1. The number of nitrogens with zero attached hydrogens (tertiary/aromatic N) is 2. The molecule has 0 spiro atoms. The Balaban J connectivity index is 1.48. The van der Waals surface area contributed by atoms with Gasteiger partial charge in [0, 0.05) is 31.5 Å². The van der Waals surface area contributed by atoms with E-state index >= 15 is 0 Å².